The third kappa shape index (κ3) is 6.86. The van der Waals surface area contributed by atoms with Crippen LogP contribution in [0.2, 0.25) is 0 Å². The molecule has 0 saturated heterocycles. The quantitative estimate of drug-likeness (QED) is 0.127. The second kappa shape index (κ2) is 13.8. The van der Waals surface area contributed by atoms with Crippen LogP contribution in [-0.4, -0.2) is 20.5 Å². The molecule has 56 heavy (non-hydrogen) atoms. The zero-order chi connectivity index (χ0) is 46.6. The van der Waals surface area contributed by atoms with Gasteiger partial charge in [-0.05, 0) is 55.5 Å². The van der Waals surface area contributed by atoms with Gasteiger partial charge in [0.1, 0.15) is 11.5 Å². The van der Waals surface area contributed by atoms with Gasteiger partial charge in [-0.15, -0.1) is 17.0 Å². The Bertz CT molecular complexity index is 3020. The van der Waals surface area contributed by atoms with E-state index < -0.39 is 48.4 Å². The number of fused-ring (bicyclic) bond motifs is 4. The maximum absolute atomic E-state index is 17.4. The summed E-state index contributed by atoms with van der Waals surface area (Å²) in [6.45, 7) is 1.77. The third-order valence-electron chi connectivity index (χ3n) is 10.1. The molecule has 0 spiro atoms. The van der Waals surface area contributed by atoms with E-state index in [1.165, 1.54) is 36.4 Å². The van der Waals surface area contributed by atoms with Crippen molar-refractivity contribution in [3.63, 3.8) is 0 Å². The van der Waals surface area contributed by atoms with Crippen LogP contribution in [0, 0.1) is 12.1 Å². The predicted molar refractivity (Wildman–Crippen MR) is 220 cm³/mol. The maximum Gasteiger partial charge on any atom is 2.00 e. The first-order chi connectivity index (χ1) is 29.7. The van der Waals surface area contributed by atoms with E-state index in [1.54, 1.807) is 64.1 Å². The standard InChI is InChI=1S/C48H45F2N5.Pt/c1-45(2,3)31-14-17-36(18-15-31)53-30-54(41-13-11-10-12-40(41)53)37-25-34(47(7,8)9)24-35(26-37)48(49,50)33-16-19-38-39-21-22-51-29-43(39)55(42(38)27-33)44-28-32(20-23-52-44)46(4,5)6;/h10-25,28-29H,1-9H3;/q;+2/i1D3,2D3,3D3;. The van der Waals surface area contributed by atoms with Crippen molar-refractivity contribution in [3.8, 4) is 5.82 Å². The van der Waals surface area contributed by atoms with Gasteiger partial charge in [-0.3, -0.25) is 4.98 Å². The molecule has 284 valence electrons. The Balaban J connectivity index is 0.00000630. The van der Waals surface area contributed by atoms with Gasteiger partial charge in [0.25, 0.3) is 17.3 Å². The van der Waals surface area contributed by atoms with Crippen LogP contribution in [0.3, 0.4) is 0 Å². The Morgan fingerprint density at radius 2 is 1.38 bits per heavy atom. The molecular formula is C48H45F2N5Pt+2. The van der Waals surface area contributed by atoms with E-state index in [0.717, 1.165) is 10.9 Å². The molecule has 7 aromatic rings. The van der Waals surface area contributed by atoms with E-state index in [4.69, 9.17) is 12.3 Å². The van der Waals surface area contributed by atoms with Crippen LogP contribution in [0.5, 0.6) is 0 Å². The summed E-state index contributed by atoms with van der Waals surface area (Å²) in [5, 5.41) is 1.52. The Hall–Kier alpha value is -5.09. The van der Waals surface area contributed by atoms with E-state index >= 15 is 8.78 Å². The maximum atomic E-state index is 17.4. The van der Waals surface area contributed by atoms with Crippen LogP contribution in [0.1, 0.15) is 102 Å². The molecule has 4 aromatic carbocycles. The molecule has 0 fully saturated rings. The molecule has 0 unspecified atom stereocenters. The van der Waals surface area contributed by atoms with Gasteiger partial charge < -0.3 is 4.57 Å². The molecule has 0 saturated carbocycles. The summed E-state index contributed by atoms with van der Waals surface area (Å²) in [6.07, 6.45) is 5.06. The number of hydrogen-bond acceptors (Lipinski definition) is 2. The largest absolute Gasteiger partial charge is 2.00 e. The number of hydrogen-bond donors (Lipinski definition) is 0. The molecule has 8 rings (SSSR count). The number of para-hydroxylation sites is 2. The molecule has 5 nitrogen and oxygen atoms in total. The van der Waals surface area contributed by atoms with Gasteiger partial charge in [-0.25, -0.2) is 13.8 Å². The van der Waals surface area contributed by atoms with Crippen molar-refractivity contribution >= 4 is 50.6 Å². The fourth-order valence-corrected chi connectivity index (χ4v) is 6.93. The Morgan fingerprint density at radius 1 is 0.679 bits per heavy atom. The molecule has 0 N–H and O–H groups in total. The SMILES string of the molecule is [2H]C([2H])([2H])C(c1ccc([N+]2=C=[N+](c3[c-]c(C(F)(F)c4[c-]c5c(cc4)c4ccncc4n5-c4cc(C(C)(C)C)ccn4)cc(C(C)(C)C)c3)c3ccccc32)cc1)(C([2H])([2H])[2H])C([2H])([2H])[2H].[Pt+2]. The minimum atomic E-state index is -3.61. The summed E-state index contributed by atoms with van der Waals surface area (Å²) >= 11 is 0. The van der Waals surface area contributed by atoms with E-state index in [2.05, 4.69) is 48.9 Å². The van der Waals surface area contributed by atoms with Crippen LogP contribution in [-0.2, 0) is 43.2 Å². The van der Waals surface area contributed by atoms with Crippen LogP contribution >= 0.6 is 0 Å². The minimum Gasteiger partial charge on any atom is -0.318 e. The second-order valence-electron chi connectivity index (χ2n) is 16.1. The van der Waals surface area contributed by atoms with Crippen molar-refractivity contribution in [2.24, 2.45) is 0 Å². The molecule has 1 aliphatic heterocycles. The van der Waals surface area contributed by atoms with Crippen molar-refractivity contribution in [1.82, 2.24) is 23.7 Å². The molecule has 8 heteroatoms. The zero-order valence-corrected chi connectivity index (χ0v) is 34.0. The molecule has 0 aliphatic carbocycles. The Morgan fingerprint density at radius 3 is 2.05 bits per heavy atom. The van der Waals surface area contributed by atoms with Gasteiger partial charge in [0.2, 0.25) is 5.69 Å². The van der Waals surface area contributed by atoms with Gasteiger partial charge in [0.15, 0.2) is 0 Å². The molecule has 0 atom stereocenters. The molecule has 1 aliphatic rings. The van der Waals surface area contributed by atoms with Crippen molar-refractivity contribution < 1.29 is 42.2 Å². The summed E-state index contributed by atoms with van der Waals surface area (Å²) in [4.78, 5) is 9.02. The van der Waals surface area contributed by atoms with E-state index in [0.29, 0.717) is 44.9 Å². The molecule has 0 bridgehead atoms. The molecule has 0 radical (unpaired) electrons. The van der Waals surface area contributed by atoms with Crippen molar-refractivity contribution in [2.45, 2.75) is 84.3 Å². The smallest absolute Gasteiger partial charge is 0.318 e. The van der Waals surface area contributed by atoms with Gasteiger partial charge in [-0.1, -0.05) is 120 Å². The monoisotopic (exact) mass is 933 g/mol. The summed E-state index contributed by atoms with van der Waals surface area (Å²) in [7, 11) is 0. The first-order valence-corrected chi connectivity index (χ1v) is 18.0. The topological polar surface area (TPSA) is 36.7 Å². The summed E-state index contributed by atoms with van der Waals surface area (Å²) in [5.74, 6) is -3.06. The fourth-order valence-electron chi connectivity index (χ4n) is 6.93. The van der Waals surface area contributed by atoms with Crippen LogP contribution in [0.4, 0.5) is 31.5 Å². The first-order valence-electron chi connectivity index (χ1n) is 22.5. The minimum absolute atomic E-state index is 0. The number of benzene rings is 4. The fraction of sp³-hybridized carbons (Fsp3) is 0.271. The third-order valence-corrected chi connectivity index (χ3v) is 10.1. The first kappa shape index (κ1) is 29.2. The Labute approximate surface area is 355 Å². The van der Waals surface area contributed by atoms with Gasteiger partial charge in [-0.2, -0.15) is 18.2 Å². The van der Waals surface area contributed by atoms with Crippen molar-refractivity contribution in [1.29, 1.82) is 0 Å². The van der Waals surface area contributed by atoms with E-state index in [1.807, 2.05) is 43.5 Å². The zero-order valence-electron chi connectivity index (χ0n) is 40.7. The predicted octanol–water partition coefficient (Wildman–Crippen LogP) is 12.1. The van der Waals surface area contributed by atoms with Gasteiger partial charge in [0, 0.05) is 49.0 Å². The molecule has 0 amide bonds. The van der Waals surface area contributed by atoms with Gasteiger partial charge >= 0.3 is 27.1 Å². The number of rotatable bonds is 5. The number of halogens is 2. The van der Waals surface area contributed by atoms with Crippen LogP contribution in [0.25, 0.3) is 27.6 Å². The molecule has 4 heterocycles. The number of nitrogens with zero attached hydrogens (tertiary/aromatic N) is 5. The summed E-state index contributed by atoms with van der Waals surface area (Å²) in [5.41, 5.74) is -0.685. The summed E-state index contributed by atoms with van der Waals surface area (Å²) in [6, 6.07) is 33.8. The molecule has 3 aromatic heterocycles. The van der Waals surface area contributed by atoms with E-state index in [-0.39, 0.29) is 37.7 Å². The molecular weight excluding hydrogens is 880 g/mol. The number of alkyl halides is 2. The van der Waals surface area contributed by atoms with Crippen molar-refractivity contribution in [2.75, 3.05) is 0 Å². The number of pyridine rings is 2. The average Bonchev–Trinajstić information content (AvgIpc) is 3.75. The van der Waals surface area contributed by atoms with E-state index in [9.17, 15) is 0 Å². The summed E-state index contributed by atoms with van der Waals surface area (Å²) < 4.78 is 113. The Kier molecular flexibility index (Phi) is 7.21. The van der Waals surface area contributed by atoms with Crippen LogP contribution < -0.4 is 9.15 Å². The van der Waals surface area contributed by atoms with Gasteiger partial charge in [0.05, 0.1) is 11.7 Å². The van der Waals surface area contributed by atoms with Crippen LogP contribution in [0.15, 0.2) is 110 Å². The van der Waals surface area contributed by atoms with Crippen molar-refractivity contribution in [3.05, 3.63) is 150 Å². The normalized spacial score (nSPS) is 16.5. The average molecular weight is 934 g/mol. The number of aromatic nitrogens is 3. The second-order valence-corrected chi connectivity index (χ2v) is 16.1.